The molecule has 6 heteroatoms. The Kier molecular flexibility index (Phi) is 4.39. The number of primary sulfonamides is 1. The van der Waals surface area contributed by atoms with Gasteiger partial charge in [0.15, 0.2) is 0 Å². The lowest BCUT2D eigenvalue weighted by molar-refractivity contribution is 0.598. The smallest absolute Gasteiger partial charge is 0.238 e. The first kappa shape index (κ1) is 16.0. The first-order valence-electron chi connectivity index (χ1n) is 7.15. The maximum atomic E-state index is 12.0. The lowest BCUT2D eigenvalue weighted by Crippen LogP contribution is -2.13. The number of hydrogen-bond acceptors (Lipinski definition) is 4. The molecule has 0 aliphatic heterocycles. The van der Waals surface area contributed by atoms with Gasteiger partial charge in [0.2, 0.25) is 10.0 Å². The summed E-state index contributed by atoms with van der Waals surface area (Å²) in [7, 11) is -3.85. The molecule has 2 N–H and O–H groups in total. The van der Waals surface area contributed by atoms with Gasteiger partial charge < -0.3 is 0 Å². The summed E-state index contributed by atoms with van der Waals surface area (Å²) >= 11 is 1.61. The molecule has 0 saturated heterocycles. The Balaban J connectivity index is 2.36. The Labute approximate surface area is 139 Å². The lowest BCUT2D eigenvalue weighted by Gasteiger charge is -2.12. The summed E-state index contributed by atoms with van der Waals surface area (Å²) in [5, 5.41) is 8.05. The van der Waals surface area contributed by atoms with Crippen LogP contribution < -0.4 is 5.14 Å². The highest BCUT2D eigenvalue weighted by Crippen LogP contribution is 2.34. The first-order valence-corrected chi connectivity index (χ1v) is 9.68. The average Bonchev–Trinajstić information content (AvgIpc) is 2.53. The molecule has 0 fully saturated rings. The highest BCUT2D eigenvalue weighted by molar-refractivity contribution is 7.99. The number of pyridine rings is 1. The van der Waals surface area contributed by atoms with Crippen LogP contribution in [0.3, 0.4) is 0 Å². The van der Waals surface area contributed by atoms with Gasteiger partial charge in [0.25, 0.3) is 0 Å². The van der Waals surface area contributed by atoms with E-state index in [0.717, 1.165) is 21.6 Å². The van der Waals surface area contributed by atoms with E-state index in [0.29, 0.717) is 11.3 Å². The third-order valence-corrected chi connectivity index (χ3v) is 5.23. The zero-order chi connectivity index (χ0) is 16.4. The molecule has 4 nitrogen and oxygen atoms in total. The van der Waals surface area contributed by atoms with Crippen molar-refractivity contribution in [2.24, 2.45) is 5.14 Å². The van der Waals surface area contributed by atoms with E-state index in [-0.39, 0.29) is 4.90 Å². The fourth-order valence-electron chi connectivity index (χ4n) is 2.54. The summed E-state index contributed by atoms with van der Waals surface area (Å²) in [6.07, 6.45) is 0. The van der Waals surface area contributed by atoms with Crippen LogP contribution in [0.25, 0.3) is 22.0 Å². The quantitative estimate of drug-likeness (QED) is 0.733. The maximum absolute atomic E-state index is 12.0. The molecular formula is C17H16N2O2S2. The summed E-state index contributed by atoms with van der Waals surface area (Å²) in [5.74, 6) is 0.897. The number of aromatic nitrogens is 1. The third-order valence-electron chi connectivity index (χ3n) is 3.47. The van der Waals surface area contributed by atoms with Gasteiger partial charge >= 0.3 is 0 Å². The zero-order valence-corrected chi connectivity index (χ0v) is 14.2. The number of sulfonamides is 1. The fourth-order valence-corrected chi connectivity index (χ4v) is 3.93. The Hall–Kier alpha value is -1.89. The molecule has 1 aromatic heterocycles. The summed E-state index contributed by atoms with van der Waals surface area (Å²) < 4.78 is 24.1. The van der Waals surface area contributed by atoms with Crippen LogP contribution in [0.15, 0.2) is 64.5 Å². The Morgan fingerprint density at radius 3 is 2.57 bits per heavy atom. The van der Waals surface area contributed by atoms with Crippen molar-refractivity contribution in [3.05, 3.63) is 54.6 Å². The molecule has 0 radical (unpaired) electrons. The van der Waals surface area contributed by atoms with Gasteiger partial charge in [-0.15, -0.1) is 11.8 Å². The van der Waals surface area contributed by atoms with Crippen molar-refractivity contribution >= 4 is 32.6 Å². The van der Waals surface area contributed by atoms with E-state index in [1.54, 1.807) is 23.9 Å². The van der Waals surface area contributed by atoms with Crippen LogP contribution in [0.5, 0.6) is 0 Å². The SMILES string of the molecule is CCSc1cccc(-c2c(S(N)(=O)=O)ccc3ccccc23)n1. The maximum Gasteiger partial charge on any atom is 0.238 e. The largest absolute Gasteiger partial charge is 0.241 e. The number of nitrogens with two attached hydrogens (primary N) is 1. The van der Waals surface area contributed by atoms with Gasteiger partial charge in [-0.1, -0.05) is 43.3 Å². The van der Waals surface area contributed by atoms with Crippen LogP contribution in [-0.4, -0.2) is 19.2 Å². The van der Waals surface area contributed by atoms with E-state index in [1.165, 1.54) is 0 Å². The van der Waals surface area contributed by atoms with Crippen molar-refractivity contribution in [1.29, 1.82) is 0 Å². The molecule has 3 aromatic rings. The molecule has 0 atom stereocenters. The van der Waals surface area contributed by atoms with Crippen molar-refractivity contribution < 1.29 is 8.42 Å². The zero-order valence-electron chi connectivity index (χ0n) is 12.6. The fraction of sp³-hybridized carbons (Fsp3) is 0.118. The Morgan fingerprint density at radius 2 is 1.83 bits per heavy atom. The predicted octanol–water partition coefficient (Wildman–Crippen LogP) is 3.66. The van der Waals surface area contributed by atoms with E-state index < -0.39 is 10.0 Å². The number of benzene rings is 2. The lowest BCUT2D eigenvalue weighted by atomic mass is 10.0. The molecule has 1 heterocycles. The molecule has 3 rings (SSSR count). The predicted molar refractivity (Wildman–Crippen MR) is 95.0 cm³/mol. The van der Waals surface area contributed by atoms with Crippen molar-refractivity contribution in [2.45, 2.75) is 16.8 Å². The first-order chi connectivity index (χ1) is 11.0. The van der Waals surface area contributed by atoms with Gasteiger partial charge in [-0.25, -0.2) is 18.5 Å². The number of hydrogen-bond donors (Lipinski definition) is 1. The molecule has 0 amide bonds. The molecule has 0 spiro atoms. The molecule has 2 aromatic carbocycles. The standard InChI is InChI=1S/C17H16N2O2S2/c1-2-22-16-9-5-8-14(19-16)17-13-7-4-3-6-12(13)10-11-15(17)23(18,20)21/h3-11H,2H2,1H3,(H2,18,20,21). The van der Waals surface area contributed by atoms with Gasteiger partial charge in [-0.2, -0.15) is 0 Å². The van der Waals surface area contributed by atoms with E-state index in [2.05, 4.69) is 4.98 Å². The van der Waals surface area contributed by atoms with E-state index in [9.17, 15) is 8.42 Å². The Morgan fingerprint density at radius 1 is 1.04 bits per heavy atom. The molecule has 0 aliphatic carbocycles. The number of fused-ring (bicyclic) bond motifs is 1. The minimum atomic E-state index is -3.85. The molecule has 0 unspecified atom stereocenters. The van der Waals surface area contributed by atoms with Gasteiger partial charge in [-0.3, -0.25) is 0 Å². The molecule has 118 valence electrons. The van der Waals surface area contributed by atoms with Crippen LogP contribution in [-0.2, 0) is 10.0 Å². The topological polar surface area (TPSA) is 73.1 Å². The van der Waals surface area contributed by atoms with Crippen molar-refractivity contribution in [3.8, 4) is 11.3 Å². The van der Waals surface area contributed by atoms with Gasteiger partial charge in [0.1, 0.15) is 0 Å². The second-order valence-electron chi connectivity index (χ2n) is 5.00. The number of rotatable bonds is 4. The van der Waals surface area contributed by atoms with E-state index in [4.69, 9.17) is 5.14 Å². The second kappa shape index (κ2) is 6.31. The molecule has 0 aliphatic rings. The van der Waals surface area contributed by atoms with Crippen LogP contribution in [0.4, 0.5) is 0 Å². The summed E-state index contributed by atoms with van der Waals surface area (Å²) in [4.78, 5) is 4.70. The van der Waals surface area contributed by atoms with E-state index >= 15 is 0 Å². The van der Waals surface area contributed by atoms with Gasteiger partial charge in [0, 0.05) is 5.56 Å². The van der Waals surface area contributed by atoms with Crippen LogP contribution >= 0.6 is 11.8 Å². The van der Waals surface area contributed by atoms with Crippen LogP contribution in [0.1, 0.15) is 6.92 Å². The number of nitrogens with zero attached hydrogens (tertiary/aromatic N) is 1. The highest BCUT2D eigenvalue weighted by Gasteiger charge is 2.19. The molecule has 0 saturated carbocycles. The normalized spacial score (nSPS) is 11.7. The molecule has 0 bridgehead atoms. The van der Waals surface area contributed by atoms with Crippen LogP contribution in [0, 0.1) is 0 Å². The highest BCUT2D eigenvalue weighted by atomic mass is 32.2. The monoisotopic (exact) mass is 344 g/mol. The van der Waals surface area contributed by atoms with Crippen molar-refractivity contribution in [3.63, 3.8) is 0 Å². The number of thioether (sulfide) groups is 1. The van der Waals surface area contributed by atoms with Gasteiger partial charge in [0.05, 0.1) is 15.6 Å². The van der Waals surface area contributed by atoms with Crippen LogP contribution in [0.2, 0.25) is 0 Å². The Bertz CT molecular complexity index is 969. The minimum absolute atomic E-state index is 0.0994. The van der Waals surface area contributed by atoms with Crippen molar-refractivity contribution in [2.75, 3.05) is 5.75 Å². The molecular weight excluding hydrogens is 328 g/mol. The summed E-state index contributed by atoms with van der Waals surface area (Å²) in [6.45, 7) is 2.05. The van der Waals surface area contributed by atoms with Gasteiger partial charge in [-0.05, 0) is 34.7 Å². The van der Waals surface area contributed by atoms with E-state index in [1.807, 2.05) is 49.4 Å². The molecule has 23 heavy (non-hydrogen) atoms. The summed E-state index contributed by atoms with van der Waals surface area (Å²) in [6, 6.07) is 16.6. The third kappa shape index (κ3) is 3.24. The average molecular weight is 344 g/mol. The second-order valence-corrected chi connectivity index (χ2v) is 7.81. The summed E-state index contributed by atoms with van der Waals surface area (Å²) in [5.41, 5.74) is 1.17. The van der Waals surface area contributed by atoms with Crippen molar-refractivity contribution in [1.82, 2.24) is 4.98 Å². The minimum Gasteiger partial charge on any atom is -0.241 e.